The smallest absolute Gasteiger partial charge is 0.260 e. The fraction of sp³-hybridized carbons (Fsp3) is 0.364. The summed E-state index contributed by atoms with van der Waals surface area (Å²) in [5, 5.41) is 1.31. The maximum Gasteiger partial charge on any atom is 0.260 e. The monoisotopic (exact) mass is 434 g/mol. The standard InChI is InChI=1S/C22H24Cl2N2O3/c23-18-5-2-17(3-6-18)4-11-21(27)25-12-1-13-26(15-14-25)22(28)16-29-20-9-7-19(24)8-10-20/h2-3,5-10H,1,4,11-16H2. The summed E-state index contributed by atoms with van der Waals surface area (Å²) >= 11 is 11.7. The van der Waals surface area contributed by atoms with Crippen LogP contribution in [-0.2, 0) is 16.0 Å². The zero-order valence-corrected chi connectivity index (χ0v) is 17.7. The van der Waals surface area contributed by atoms with Gasteiger partial charge in [0.2, 0.25) is 5.91 Å². The van der Waals surface area contributed by atoms with Crippen LogP contribution < -0.4 is 4.74 Å². The molecule has 0 saturated carbocycles. The van der Waals surface area contributed by atoms with Gasteiger partial charge in [-0.05, 0) is 54.8 Å². The molecular weight excluding hydrogens is 411 g/mol. The Kier molecular flexibility index (Phi) is 7.78. The molecule has 0 aliphatic carbocycles. The second-order valence-electron chi connectivity index (χ2n) is 6.98. The van der Waals surface area contributed by atoms with Crippen molar-refractivity contribution in [3.63, 3.8) is 0 Å². The van der Waals surface area contributed by atoms with Gasteiger partial charge in [-0.3, -0.25) is 9.59 Å². The Morgan fingerprint density at radius 2 is 1.34 bits per heavy atom. The van der Waals surface area contributed by atoms with E-state index in [0.717, 1.165) is 12.0 Å². The number of nitrogens with zero attached hydrogens (tertiary/aromatic N) is 2. The Morgan fingerprint density at radius 3 is 1.97 bits per heavy atom. The van der Waals surface area contributed by atoms with Crippen molar-refractivity contribution in [3.05, 3.63) is 64.1 Å². The molecule has 2 aromatic rings. The highest BCUT2D eigenvalue weighted by Crippen LogP contribution is 2.16. The van der Waals surface area contributed by atoms with E-state index in [2.05, 4.69) is 0 Å². The van der Waals surface area contributed by atoms with Gasteiger partial charge in [0, 0.05) is 42.6 Å². The summed E-state index contributed by atoms with van der Waals surface area (Å²) in [6.45, 7) is 2.35. The summed E-state index contributed by atoms with van der Waals surface area (Å²) < 4.78 is 5.55. The third-order valence-electron chi connectivity index (χ3n) is 4.92. The Hall–Kier alpha value is -2.24. The number of hydrogen-bond acceptors (Lipinski definition) is 3. The predicted molar refractivity (Wildman–Crippen MR) is 114 cm³/mol. The Morgan fingerprint density at radius 1 is 0.793 bits per heavy atom. The minimum Gasteiger partial charge on any atom is -0.484 e. The number of ether oxygens (including phenoxy) is 1. The van der Waals surface area contributed by atoms with E-state index < -0.39 is 0 Å². The molecule has 7 heteroatoms. The van der Waals surface area contributed by atoms with Gasteiger partial charge in [0.25, 0.3) is 5.91 Å². The molecule has 1 heterocycles. The third-order valence-corrected chi connectivity index (χ3v) is 5.42. The maximum absolute atomic E-state index is 12.6. The molecule has 1 aliphatic heterocycles. The summed E-state index contributed by atoms with van der Waals surface area (Å²) in [5.74, 6) is 0.652. The molecule has 0 atom stereocenters. The van der Waals surface area contributed by atoms with E-state index in [4.69, 9.17) is 27.9 Å². The summed E-state index contributed by atoms with van der Waals surface area (Å²) in [7, 11) is 0. The molecule has 0 unspecified atom stereocenters. The van der Waals surface area contributed by atoms with Gasteiger partial charge in [0.1, 0.15) is 5.75 Å². The molecule has 0 N–H and O–H groups in total. The molecule has 0 spiro atoms. The summed E-state index contributed by atoms with van der Waals surface area (Å²) in [6.07, 6.45) is 1.90. The number of amides is 2. The van der Waals surface area contributed by atoms with Crippen molar-refractivity contribution in [1.82, 2.24) is 9.80 Å². The van der Waals surface area contributed by atoms with Gasteiger partial charge in [0.15, 0.2) is 6.61 Å². The van der Waals surface area contributed by atoms with Crippen molar-refractivity contribution >= 4 is 35.0 Å². The quantitative estimate of drug-likeness (QED) is 0.688. The Bertz CT molecular complexity index is 755. The topological polar surface area (TPSA) is 49.9 Å². The Balaban J connectivity index is 1.43. The number of halogens is 2. The minimum atomic E-state index is -0.0737. The van der Waals surface area contributed by atoms with Crippen LogP contribution >= 0.6 is 23.2 Å². The molecule has 29 heavy (non-hydrogen) atoms. The molecule has 0 bridgehead atoms. The van der Waals surface area contributed by atoms with Crippen molar-refractivity contribution in [2.75, 3.05) is 32.8 Å². The average Bonchev–Trinajstić information content (AvgIpc) is 2.99. The summed E-state index contributed by atoms with van der Waals surface area (Å²) in [5.41, 5.74) is 1.09. The fourth-order valence-corrected chi connectivity index (χ4v) is 3.50. The van der Waals surface area contributed by atoms with Crippen LogP contribution in [0, 0.1) is 0 Å². The molecule has 3 rings (SSSR count). The molecule has 2 aromatic carbocycles. The maximum atomic E-state index is 12.6. The van der Waals surface area contributed by atoms with Crippen LogP contribution in [0.3, 0.4) is 0 Å². The number of aryl methyl sites for hydroxylation is 1. The second-order valence-corrected chi connectivity index (χ2v) is 7.86. The fourth-order valence-electron chi connectivity index (χ4n) is 3.24. The van der Waals surface area contributed by atoms with Gasteiger partial charge in [-0.2, -0.15) is 0 Å². The largest absolute Gasteiger partial charge is 0.484 e. The Labute approximate surface area is 181 Å². The number of carbonyl (C=O) groups is 2. The SMILES string of the molecule is O=C(CCc1ccc(Cl)cc1)N1CCCN(C(=O)COc2ccc(Cl)cc2)CC1. The number of carbonyl (C=O) groups excluding carboxylic acids is 2. The normalized spacial score (nSPS) is 14.4. The van der Waals surface area contributed by atoms with Gasteiger partial charge in [0.05, 0.1) is 0 Å². The van der Waals surface area contributed by atoms with Crippen molar-refractivity contribution in [3.8, 4) is 5.75 Å². The van der Waals surface area contributed by atoms with Gasteiger partial charge in [-0.25, -0.2) is 0 Å². The molecular formula is C22H24Cl2N2O3. The van der Waals surface area contributed by atoms with Crippen LogP contribution in [0.4, 0.5) is 0 Å². The highest BCUT2D eigenvalue weighted by molar-refractivity contribution is 6.30. The zero-order valence-electron chi connectivity index (χ0n) is 16.2. The lowest BCUT2D eigenvalue weighted by molar-refractivity contribution is -0.134. The molecule has 0 radical (unpaired) electrons. The first-order valence-corrected chi connectivity index (χ1v) is 10.5. The highest BCUT2D eigenvalue weighted by atomic mass is 35.5. The minimum absolute atomic E-state index is 0.0217. The van der Waals surface area contributed by atoms with Gasteiger partial charge in [-0.15, -0.1) is 0 Å². The lowest BCUT2D eigenvalue weighted by Gasteiger charge is -2.22. The molecule has 1 fully saturated rings. The van der Waals surface area contributed by atoms with E-state index in [1.54, 1.807) is 29.2 Å². The molecule has 1 saturated heterocycles. The van der Waals surface area contributed by atoms with Crippen LogP contribution in [0.2, 0.25) is 10.0 Å². The first-order valence-electron chi connectivity index (χ1n) is 9.69. The third kappa shape index (κ3) is 6.65. The van der Waals surface area contributed by atoms with Crippen molar-refractivity contribution in [1.29, 1.82) is 0 Å². The van der Waals surface area contributed by atoms with E-state index in [0.29, 0.717) is 54.8 Å². The summed E-state index contributed by atoms with van der Waals surface area (Å²) in [4.78, 5) is 28.7. The van der Waals surface area contributed by atoms with E-state index in [1.807, 2.05) is 29.2 Å². The molecule has 1 aliphatic rings. The zero-order chi connectivity index (χ0) is 20.6. The molecule has 154 valence electrons. The molecule has 5 nitrogen and oxygen atoms in total. The van der Waals surface area contributed by atoms with Crippen LogP contribution in [0.5, 0.6) is 5.75 Å². The van der Waals surface area contributed by atoms with E-state index in [9.17, 15) is 9.59 Å². The highest BCUT2D eigenvalue weighted by Gasteiger charge is 2.22. The van der Waals surface area contributed by atoms with Crippen molar-refractivity contribution < 1.29 is 14.3 Å². The lowest BCUT2D eigenvalue weighted by Crippen LogP contribution is -2.39. The molecule has 2 amide bonds. The number of rotatable bonds is 6. The van der Waals surface area contributed by atoms with Gasteiger partial charge >= 0.3 is 0 Å². The van der Waals surface area contributed by atoms with Crippen LogP contribution in [0.1, 0.15) is 18.4 Å². The predicted octanol–water partition coefficient (Wildman–Crippen LogP) is 4.07. The summed E-state index contributed by atoms with van der Waals surface area (Å²) in [6, 6.07) is 14.5. The first kappa shape index (κ1) is 21.5. The van der Waals surface area contributed by atoms with E-state index >= 15 is 0 Å². The average molecular weight is 435 g/mol. The van der Waals surface area contributed by atoms with Crippen molar-refractivity contribution in [2.45, 2.75) is 19.3 Å². The first-order chi connectivity index (χ1) is 14.0. The number of hydrogen-bond donors (Lipinski definition) is 0. The molecule has 0 aromatic heterocycles. The van der Waals surface area contributed by atoms with E-state index in [-0.39, 0.29) is 18.4 Å². The van der Waals surface area contributed by atoms with Crippen LogP contribution in [-0.4, -0.2) is 54.4 Å². The lowest BCUT2D eigenvalue weighted by atomic mass is 10.1. The van der Waals surface area contributed by atoms with Crippen molar-refractivity contribution in [2.24, 2.45) is 0 Å². The number of benzene rings is 2. The van der Waals surface area contributed by atoms with Gasteiger partial charge < -0.3 is 14.5 Å². The van der Waals surface area contributed by atoms with Crippen LogP contribution in [0.25, 0.3) is 0 Å². The van der Waals surface area contributed by atoms with Crippen LogP contribution in [0.15, 0.2) is 48.5 Å². The second kappa shape index (κ2) is 10.5. The van der Waals surface area contributed by atoms with E-state index in [1.165, 1.54) is 0 Å². The van der Waals surface area contributed by atoms with Gasteiger partial charge in [-0.1, -0.05) is 35.3 Å².